The highest BCUT2D eigenvalue weighted by Crippen LogP contribution is 2.18. The number of nitrogens with one attached hydrogen (secondary N) is 1. The van der Waals surface area contributed by atoms with Crippen molar-refractivity contribution in [3.8, 4) is 5.75 Å². The van der Waals surface area contributed by atoms with Gasteiger partial charge in [0.1, 0.15) is 11.6 Å². The Morgan fingerprint density at radius 1 is 1.11 bits per heavy atom. The highest BCUT2D eigenvalue weighted by atomic mass is 32.2. The van der Waals surface area contributed by atoms with Gasteiger partial charge in [-0.3, -0.25) is 4.79 Å². The Morgan fingerprint density at radius 3 is 2.30 bits per heavy atom. The first-order chi connectivity index (χ1) is 17.3. The van der Waals surface area contributed by atoms with Gasteiger partial charge in [0, 0.05) is 39.3 Å². The Hall–Kier alpha value is -3.23. The number of sulfonamides is 1. The lowest BCUT2D eigenvalue weighted by molar-refractivity contribution is -0.192. The van der Waals surface area contributed by atoms with Gasteiger partial charge in [-0.1, -0.05) is 24.3 Å². The fourth-order valence-corrected chi connectivity index (χ4v) is 4.77. The number of halogens is 4. The number of benzene rings is 2. The summed E-state index contributed by atoms with van der Waals surface area (Å²) in [6.07, 6.45) is -5.08. The Labute approximate surface area is 211 Å². The molecule has 2 aromatic carbocycles. The minimum Gasteiger partial charge on any atom is -0.497 e. The van der Waals surface area contributed by atoms with Gasteiger partial charge in [0.25, 0.3) is 5.91 Å². The van der Waals surface area contributed by atoms with Gasteiger partial charge in [0.05, 0.1) is 18.4 Å². The number of nitrogens with zero attached hydrogens (tertiary/aromatic N) is 2. The van der Waals surface area contributed by atoms with Gasteiger partial charge in [-0.2, -0.15) is 17.5 Å². The van der Waals surface area contributed by atoms with E-state index >= 15 is 0 Å². The summed E-state index contributed by atoms with van der Waals surface area (Å²) in [5.41, 5.74) is 0.679. The molecule has 1 aliphatic rings. The van der Waals surface area contributed by atoms with E-state index in [-0.39, 0.29) is 24.4 Å². The van der Waals surface area contributed by atoms with Gasteiger partial charge in [0.2, 0.25) is 10.0 Å². The van der Waals surface area contributed by atoms with Gasteiger partial charge in [-0.15, -0.1) is 0 Å². The molecule has 14 heteroatoms. The van der Waals surface area contributed by atoms with E-state index in [1.54, 1.807) is 31.4 Å². The highest BCUT2D eigenvalue weighted by molar-refractivity contribution is 7.89. The summed E-state index contributed by atoms with van der Waals surface area (Å²) >= 11 is 0. The first-order valence-corrected chi connectivity index (χ1v) is 12.6. The maximum Gasteiger partial charge on any atom is 0.490 e. The molecule has 2 N–H and O–H groups in total. The Kier molecular flexibility index (Phi) is 10.8. The van der Waals surface area contributed by atoms with Crippen LogP contribution in [0.25, 0.3) is 0 Å². The molecule has 1 heterocycles. The number of carboxylic acids is 1. The molecule has 3 rings (SSSR count). The number of alkyl halides is 3. The van der Waals surface area contributed by atoms with Crippen LogP contribution in [0.5, 0.6) is 5.75 Å². The molecule has 1 amide bonds. The molecule has 37 heavy (non-hydrogen) atoms. The number of amides is 1. The van der Waals surface area contributed by atoms with Crippen molar-refractivity contribution in [1.29, 1.82) is 0 Å². The van der Waals surface area contributed by atoms with Crippen LogP contribution in [0.1, 0.15) is 15.9 Å². The van der Waals surface area contributed by atoms with E-state index in [0.29, 0.717) is 31.9 Å². The monoisotopic (exact) mass is 549 g/mol. The third-order valence-corrected chi connectivity index (χ3v) is 7.08. The maximum atomic E-state index is 14.2. The number of carbonyl (C=O) groups is 2. The summed E-state index contributed by atoms with van der Waals surface area (Å²) in [4.78, 5) is 23.3. The van der Waals surface area contributed by atoms with Crippen LogP contribution in [0.3, 0.4) is 0 Å². The molecule has 0 saturated carbocycles. The Bertz CT molecular complexity index is 1170. The maximum absolute atomic E-state index is 14.2. The largest absolute Gasteiger partial charge is 0.497 e. The quantitative estimate of drug-likeness (QED) is 0.486. The summed E-state index contributed by atoms with van der Waals surface area (Å²) in [5, 5.41) is 10.2. The molecular weight excluding hydrogens is 522 g/mol. The number of carboxylic acid groups (broad SMARTS) is 1. The van der Waals surface area contributed by atoms with Crippen molar-refractivity contribution in [3.63, 3.8) is 0 Å². The zero-order valence-electron chi connectivity index (χ0n) is 19.9. The SMILES string of the molecule is COc1cccc(CN(CCS(=O)(=O)N2CCNCC2)C(=O)c2ccccc2F)c1.O=C(O)C(F)(F)F. The number of aliphatic carboxylic acids is 1. The predicted molar refractivity (Wildman–Crippen MR) is 126 cm³/mol. The lowest BCUT2D eigenvalue weighted by Gasteiger charge is -2.28. The predicted octanol–water partition coefficient (Wildman–Crippen LogP) is 2.35. The van der Waals surface area contributed by atoms with Gasteiger partial charge in [0.15, 0.2) is 0 Å². The van der Waals surface area contributed by atoms with E-state index in [2.05, 4.69) is 5.32 Å². The van der Waals surface area contributed by atoms with Crippen LogP contribution in [0.15, 0.2) is 48.5 Å². The van der Waals surface area contributed by atoms with Crippen LogP contribution >= 0.6 is 0 Å². The summed E-state index contributed by atoms with van der Waals surface area (Å²) in [6.45, 7) is 2.10. The van der Waals surface area contributed by atoms with Gasteiger partial charge in [-0.25, -0.2) is 17.6 Å². The van der Waals surface area contributed by atoms with E-state index in [9.17, 15) is 30.8 Å². The fourth-order valence-electron chi connectivity index (χ4n) is 3.33. The van der Waals surface area contributed by atoms with E-state index in [0.717, 1.165) is 5.56 Å². The fraction of sp³-hybridized carbons (Fsp3) is 0.391. The number of piperazine rings is 1. The van der Waals surface area contributed by atoms with Crippen molar-refractivity contribution in [2.45, 2.75) is 12.7 Å². The number of ether oxygens (including phenoxy) is 1. The molecule has 0 aromatic heterocycles. The first-order valence-electron chi connectivity index (χ1n) is 11.0. The third-order valence-electron chi connectivity index (χ3n) is 5.23. The zero-order chi connectivity index (χ0) is 27.6. The second-order valence-corrected chi connectivity index (χ2v) is 9.91. The van der Waals surface area contributed by atoms with Crippen LogP contribution < -0.4 is 10.1 Å². The van der Waals surface area contributed by atoms with Crippen molar-refractivity contribution in [2.75, 3.05) is 45.6 Å². The summed E-state index contributed by atoms with van der Waals surface area (Å²) in [7, 11) is -1.99. The molecule has 204 valence electrons. The number of hydrogen-bond acceptors (Lipinski definition) is 6. The molecule has 0 radical (unpaired) electrons. The molecule has 0 aliphatic carbocycles. The summed E-state index contributed by atoms with van der Waals surface area (Å²) in [5.74, 6) is -3.54. The second kappa shape index (κ2) is 13.4. The van der Waals surface area contributed by atoms with E-state index in [4.69, 9.17) is 14.6 Å². The van der Waals surface area contributed by atoms with E-state index in [1.165, 1.54) is 27.4 Å². The highest BCUT2D eigenvalue weighted by Gasteiger charge is 2.38. The average molecular weight is 550 g/mol. The molecule has 0 bridgehead atoms. The molecular formula is C23H27F4N3O6S. The van der Waals surface area contributed by atoms with Crippen molar-refractivity contribution in [3.05, 3.63) is 65.5 Å². The minimum absolute atomic E-state index is 0.0450. The smallest absolute Gasteiger partial charge is 0.490 e. The van der Waals surface area contributed by atoms with Crippen molar-refractivity contribution in [1.82, 2.24) is 14.5 Å². The van der Waals surface area contributed by atoms with Crippen molar-refractivity contribution < 1.29 is 45.4 Å². The minimum atomic E-state index is -5.08. The summed E-state index contributed by atoms with van der Waals surface area (Å²) in [6, 6.07) is 12.9. The lowest BCUT2D eigenvalue weighted by atomic mass is 10.1. The normalized spacial score (nSPS) is 14.3. The molecule has 0 atom stereocenters. The van der Waals surface area contributed by atoms with E-state index in [1.807, 2.05) is 6.07 Å². The second-order valence-electron chi connectivity index (χ2n) is 7.83. The summed E-state index contributed by atoms with van der Waals surface area (Å²) < 4.78 is 78.1. The van der Waals surface area contributed by atoms with Crippen LogP contribution in [-0.4, -0.2) is 86.4 Å². The molecule has 9 nitrogen and oxygen atoms in total. The third kappa shape index (κ3) is 9.30. The van der Waals surface area contributed by atoms with E-state index < -0.39 is 33.9 Å². The van der Waals surface area contributed by atoms with Crippen LogP contribution in [-0.2, 0) is 21.4 Å². The lowest BCUT2D eigenvalue weighted by Crippen LogP contribution is -2.48. The number of carbonyl (C=O) groups excluding carboxylic acids is 1. The Morgan fingerprint density at radius 2 is 1.73 bits per heavy atom. The first kappa shape index (κ1) is 30.0. The molecule has 1 aliphatic heterocycles. The molecule has 1 saturated heterocycles. The Balaban J connectivity index is 0.000000604. The standard InChI is InChI=1S/C21H26FN3O4S.C2HF3O2/c1-29-18-6-4-5-17(15-18)16-24(21(26)19-7-2-3-8-20(19)22)13-14-30(27,28)25-11-9-23-10-12-25;3-2(4,5)1(6)7/h2-8,15,23H,9-14,16H2,1H3;(H,6,7). The molecule has 1 fully saturated rings. The van der Waals surface area contributed by atoms with Crippen molar-refractivity contribution >= 4 is 21.9 Å². The van der Waals surface area contributed by atoms with Gasteiger partial charge in [-0.05, 0) is 29.8 Å². The molecule has 0 unspecified atom stereocenters. The topological polar surface area (TPSA) is 116 Å². The van der Waals surface area contributed by atoms with Gasteiger partial charge >= 0.3 is 12.1 Å². The van der Waals surface area contributed by atoms with Gasteiger partial charge < -0.3 is 20.1 Å². The van der Waals surface area contributed by atoms with Crippen LogP contribution in [0.2, 0.25) is 0 Å². The number of hydrogen-bond donors (Lipinski definition) is 2. The van der Waals surface area contributed by atoms with Crippen molar-refractivity contribution in [2.24, 2.45) is 0 Å². The van der Waals surface area contributed by atoms with Crippen LogP contribution in [0, 0.1) is 5.82 Å². The number of methoxy groups -OCH3 is 1. The number of rotatable bonds is 8. The van der Waals surface area contributed by atoms with Crippen LogP contribution in [0.4, 0.5) is 17.6 Å². The molecule has 0 spiro atoms. The average Bonchev–Trinajstić information content (AvgIpc) is 2.87. The molecule has 2 aromatic rings. The zero-order valence-corrected chi connectivity index (χ0v) is 20.7.